The smallest absolute Gasteiger partial charge is 0.331 e. The van der Waals surface area contributed by atoms with Gasteiger partial charge in [-0.2, -0.15) is 0 Å². The topological polar surface area (TPSA) is 93.8 Å². The minimum atomic E-state index is -1.25. The average molecular weight is 283 g/mol. The maximum Gasteiger partial charge on any atom is 0.331 e. The van der Waals surface area contributed by atoms with Gasteiger partial charge in [0.25, 0.3) is 0 Å². The molecule has 2 heterocycles. The number of benzene rings is 1. The lowest BCUT2D eigenvalue weighted by Gasteiger charge is -2.20. The summed E-state index contributed by atoms with van der Waals surface area (Å²) in [5.74, 6) is -0.629. The largest absolute Gasteiger partial charge is 0.479 e. The van der Waals surface area contributed by atoms with Crippen LogP contribution in [0.2, 0.25) is 0 Å². The van der Waals surface area contributed by atoms with Crippen molar-refractivity contribution in [1.82, 2.24) is 25.2 Å². The van der Waals surface area contributed by atoms with E-state index in [1.165, 1.54) is 4.68 Å². The average Bonchev–Trinajstić information content (AvgIpc) is 2.96. The molecule has 0 aliphatic heterocycles. The van der Waals surface area contributed by atoms with Crippen molar-refractivity contribution >= 4 is 16.9 Å². The summed E-state index contributed by atoms with van der Waals surface area (Å²) < 4.78 is 1.30. The highest BCUT2D eigenvalue weighted by molar-refractivity contribution is 5.92. The van der Waals surface area contributed by atoms with Crippen LogP contribution in [0.5, 0.6) is 0 Å². The van der Waals surface area contributed by atoms with E-state index in [-0.39, 0.29) is 0 Å². The van der Waals surface area contributed by atoms with Crippen LogP contribution in [-0.4, -0.2) is 36.3 Å². The van der Waals surface area contributed by atoms with E-state index >= 15 is 0 Å². The van der Waals surface area contributed by atoms with Gasteiger partial charge in [-0.3, -0.25) is 4.98 Å². The highest BCUT2D eigenvalue weighted by Gasteiger charge is 2.34. The fraction of sp³-hybridized carbons (Fsp3) is 0.214. The third-order valence-corrected chi connectivity index (χ3v) is 3.40. The van der Waals surface area contributed by atoms with Gasteiger partial charge in [0, 0.05) is 17.1 Å². The number of hydrogen-bond acceptors (Lipinski definition) is 5. The molecule has 0 atom stereocenters. The highest BCUT2D eigenvalue weighted by Crippen LogP contribution is 2.28. The van der Waals surface area contributed by atoms with Crippen molar-refractivity contribution in [3.63, 3.8) is 0 Å². The lowest BCUT2D eigenvalue weighted by Crippen LogP contribution is -2.37. The van der Waals surface area contributed by atoms with Gasteiger partial charge in [0.2, 0.25) is 0 Å². The van der Waals surface area contributed by atoms with Crippen molar-refractivity contribution in [3.05, 3.63) is 36.5 Å². The predicted molar refractivity (Wildman–Crippen MR) is 75.5 cm³/mol. The van der Waals surface area contributed by atoms with Crippen LogP contribution in [-0.2, 0) is 10.3 Å². The van der Waals surface area contributed by atoms with Crippen LogP contribution in [0.4, 0.5) is 0 Å². The van der Waals surface area contributed by atoms with Gasteiger partial charge in [-0.05, 0) is 36.4 Å². The fourth-order valence-corrected chi connectivity index (χ4v) is 2.11. The number of carbonyl (C=O) groups is 1. The molecule has 106 valence electrons. The van der Waals surface area contributed by atoms with Crippen LogP contribution in [0.3, 0.4) is 0 Å². The molecule has 0 radical (unpaired) electrons. The molecule has 1 aromatic carbocycles. The van der Waals surface area contributed by atoms with Crippen molar-refractivity contribution in [2.45, 2.75) is 19.4 Å². The van der Waals surface area contributed by atoms with E-state index in [0.29, 0.717) is 11.4 Å². The van der Waals surface area contributed by atoms with E-state index in [0.717, 1.165) is 10.9 Å². The van der Waals surface area contributed by atoms with Crippen LogP contribution < -0.4 is 0 Å². The summed E-state index contributed by atoms with van der Waals surface area (Å²) in [5, 5.41) is 21.8. The fourth-order valence-electron chi connectivity index (χ4n) is 2.11. The summed E-state index contributed by atoms with van der Waals surface area (Å²) in [6, 6.07) is 9.41. The lowest BCUT2D eigenvalue weighted by atomic mass is 10.0. The molecule has 7 nitrogen and oxygen atoms in total. The van der Waals surface area contributed by atoms with E-state index in [4.69, 9.17) is 0 Å². The molecule has 21 heavy (non-hydrogen) atoms. The summed E-state index contributed by atoms with van der Waals surface area (Å²) in [6.45, 7) is 3.10. The molecule has 3 aromatic rings. The quantitative estimate of drug-likeness (QED) is 0.786. The van der Waals surface area contributed by atoms with Gasteiger partial charge in [-0.1, -0.05) is 18.2 Å². The molecule has 7 heteroatoms. The normalized spacial score (nSPS) is 11.7. The molecule has 0 fully saturated rings. The SMILES string of the molecule is CC(C)(C(=O)O)n1nnnc1-c1cccc2cccnc12. The Hall–Kier alpha value is -2.83. The molecule has 0 amide bonds. The molecule has 0 saturated heterocycles. The Bertz CT molecular complexity index is 820. The Morgan fingerprint density at radius 1 is 1.24 bits per heavy atom. The lowest BCUT2D eigenvalue weighted by molar-refractivity contribution is -0.146. The molecule has 0 aliphatic rings. The minimum Gasteiger partial charge on any atom is -0.479 e. The number of fused-ring (bicyclic) bond motifs is 1. The number of aliphatic carboxylic acids is 1. The van der Waals surface area contributed by atoms with Crippen LogP contribution in [0.25, 0.3) is 22.3 Å². The summed E-state index contributed by atoms with van der Waals surface area (Å²) in [5.41, 5.74) is 0.181. The predicted octanol–water partition coefficient (Wildman–Crippen LogP) is 1.71. The first-order chi connectivity index (χ1) is 10.0. The number of para-hydroxylation sites is 1. The highest BCUT2D eigenvalue weighted by atomic mass is 16.4. The van der Waals surface area contributed by atoms with Crippen molar-refractivity contribution in [2.24, 2.45) is 0 Å². The minimum absolute atomic E-state index is 0.381. The van der Waals surface area contributed by atoms with E-state index in [1.807, 2.05) is 30.3 Å². The summed E-state index contributed by atoms with van der Waals surface area (Å²) in [7, 11) is 0. The Balaban J connectivity index is 2.26. The van der Waals surface area contributed by atoms with Crippen LogP contribution in [0.15, 0.2) is 36.5 Å². The monoisotopic (exact) mass is 283 g/mol. The van der Waals surface area contributed by atoms with Crippen LogP contribution in [0, 0.1) is 0 Å². The van der Waals surface area contributed by atoms with Crippen molar-refractivity contribution in [2.75, 3.05) is 0 Å². The number of tetrazole rings is 1. The third-order valence-electron chi connectivity index (χ3n) is 3.40. The van der Waals surface area contributed by atoms with Gasteiger partial charge in [-0.25, -0.2) is 9.48 Å². The summed E-state index contributed by atoms with van der Waals surface area (Å²) in [4.78, 5) is 15.8. The molecule has 0 unspecified atom stereocenters. The molecule has 2 aromatic heterocycles. The molecule has 0 saturated carbocycles. The van der Waals surface area contributed by atoms with Gasteiger partial charge >= 0.3 is 5.97 Å². The maximum absolute atomic E-state index is 11.4. The molecular formula is C14H13N5O2. The van der Waals surface area contributed by atoms with Crippen molar-refractivity contribution in [3.8, 4) is 11.4 Å². The first kappa shape index (κ1) is 13.2. The van der Waals surface area contributed by atoms with E-state index in [9.17, 15) is 9.90 Å². The Morgan fingerprint density at radius 3 is 2.76 bits per heavy atom. The second-order valence-corrected chi connectivity index (χ2v) is 5.16. The van der Waals surface area contributed by atoms with Gasteiger partial charge in [0.05, 0.1) is 5.52 Å². The Morgan fingerprint density at radius 2 is 2.00 bits per heavy atom. The zero-order valence-corrected chi connectivity index (χ0v) is 11.6. The van der Waals surface area contributed by atoms with Crippen LogP contribution in [0.1, 0.15) is 13.8 Å². The van der Waals surface area contributed by atoms with E-state index in [2.05, 4.69) is 20.5 Å². The van der Waals surface area contributed by atoms with Crippen molar-refractivity contribution in [1.29, 1.82) is 0 Å². The molecule has 0 aliphatic carbocycles. The third kappa shape index (κ3) is 2.03. The van der Waals surface area contributed by atoms with Crippen LogP contribution >= 0.6 is 0 Å². The number of pyridine rings is 1. The summed E-state index contributed by atoms with van der Waals surface area (Å²) in [6.07, 6.45) is 1.68. The zero-order chi connectivity index (χ0) is 15.0. The number of hydrogen-bond donors (Lipinski definition) is 1. The molecule has 1 N–H and O–H groups in total. The first-order valence-electron chi connectivity index (χ1n) is 6.38. The number of nitrogens with zero attached hydrogens (tertiary/aromatic N) is 5. The second kappa shape index (κ2) is 4.62. The van der Waals surface area contributed by atoms with Gasteiger partial charge in [-0.15, -0.1) is 5.10 Å². The molecular weight excluding hydrogens is 270 g/mol. The standard InChI is InChI=1S/C14H13N5O2/c1-14(2,13(20)21)19-12(16-17-18-19)10-7-3-5-9-6-4-8-15-11(9)10/h3-8H,1-2H3,(H,20,21). The van der Waals surface area contributed by atoms with Crippen molar-refractivity contribution < 1.29 is 9.90 Å². The maximum atomic E-state index is 11.4. The van der Waals surface area contributed by atoms with Gasteiger partial charge in [0.1, 0.15) is 0 Å². The molecule has 0 bridgehead atoms. The number of carboxylic acids is 1. The Labute approximate surface area is 120 Å². The number of aromatic nitrogens is 5. The van der Waals surface area contributed by atoms with E-state index in [1.54, 1.807) is 20.0 Å². The second-order valence-electron chi connectivity index (χ2n) is 5.16. The molecule has 3 rings (SSSR count). The first-order valence-corrected chi connectivity index (χ1v) is 6.38. The number of rotatable bonds is 3. The zero-order valence-electron chi connectivity index (χ0n) is 11.6. The van der Waals surface area contributed by atoms with E-state index < -0.39 is 11.5 Å². The summed E-state index contributed by atoms with van der Waals surface area (Å²) >= 11 is 0. The number of carboxylic acid groups (broad SMARTS) is 1. The Kier molecular flexibility index (Phi) is 2.90. The van der Waals surface area contributed by atoms with Gasteiger partial charge in [0.15, 0.2) is 11.4 Å². The van der Waals surface area contributed by atoms with Gasteiger partial charge < -0.3 is 5.11 Å². The molecule has 0 spiro atoms.